The normalized spacial score (nSPS) is 27.7. The summed E-state index contributed by atoms with van der Waals surface area (Å²) < 4.78 is 13.5. The van der Waals surface area contributed by atoms with Crippen LogP contribution in [0.15, 0.2) is 48.9 Å². The number of aromatic nitrogens is 3. The van der Waals surface area contributed by atoms with E-state index in [2.05, 4.69) is 42.1 Å². The fourth-order valence-corrected chi connectivity index (χ4v) is 10.0. The summed E-state index contributed by atoms with van der Waals surface area (Å²) in [7, 11) is 1.74. The smallest absolute Gasteiger partial charge is 0.410 e. The van der Waals surface area contributed by atoms with Gasteiger partial charge in [0.2, 0.25) is 5.91 Å². The summed E-state index contributed by atoms with van der Waals surface area (Å²) in [6.45, 7) is 4.01. The molecule has 3 aromatic rings. The van der Waals surface area contributed by atoms with Crippen LogP contribution in [0.25, 0.3) is 11.1 Å². The van der Waals surface area contributed by atoms with Crippen molar-refractivity contribution in [3.8, 4) is 16.9 Å². The number of aryl methyl sites for hydroxylation is 1. The van der Waals surface area contributed by atoms with Crippen LogP contribution in [-0.2, 0) is 14.9 Å². The molecule has 2 bridgehead atoms. The average Bonchev–Trinajstić information content (AvgIpc) is 3.88. The molecule has 0 spiro atoms. The summed E-state index contributed by atoms with van der Waals surface area (Å²) in [5.74, 6) is 1.82. The monoisotopic (exact) mass is 709 g/mol. The van der Waals surface area contributed by atoms with Gasteiger partial charge in [-0.1, -0.05) is 25.0 Å². The van der Waals surface area contributed by atoms with Crippen molar-refractivity contribution in [3.05, 3.63) is 60.0 Å². The van der Waals surface area contributed by atoms with E-state index in [1.54, 1.807) is 12.0 Å². The predicted octanol–water partition coefficient (Wildman–Crippen LogP) is 7.62. The zero-order valence-corrected chi connectivity index (χ0v) is 31.0. The molecule has 52 heavy (non-hydrogen) atoms. The number of hydrogen-bond donors (Lipinski definition) is 1. The van der Waals surface area contributed by atoms with Gasteiger partial charge in [-0.3, -0.25) is 14.4 Å². The van der Waals surface area contributed by atoms with E-state index in [9.17, 15) is 14.7 Å². The molecule has 10 heteroatoms. The second kappa shape index (κ2) is 14.5. The van der Waals surface area contributed by atoms with Gasteiger partial charge in [-0.05, 0) is 130 Å². The average molecular weight is 710 g/mol. The second-order valence-corrected chi connectivity index (χ2v) is 16.8. The Morgan fingerprint density at radius 3 is 2.35 bits per heavy atom. The quantitative estimate of drug-likeness (QED) is 0.231. The number of likely N-dealkylation sites (tertiary alicyclic amines) is 1. The number of methoxy groups -OCH3 is 1. The maximum Gasteiger partial charge on any atom is 0.410 e. The van der Waals surface area contributed by atoms with Gasteiger partial charge in [0.1, 0.15) is 17.7 Å². The Morgan fingerprint density at radius 2 is 1.67 bits per heavy atom. The molecule has 0 unspecified atom stereocenters. The van der Waals surface area contributed by atoms with Crippen LogP contribution in [0.2, 0.25) is 0 Å². The minimum absolute atomic E-state index is 0.0559. The van der Waals surface area contributed by atoms with Crippen LogP contribution < -0.4 is 9.64 Å². The van der Waals surface area contributed by atoms with Crippen LogP contribution in [0.3, 0.4) is 0 Å². The number of carbonyl (C=O) groups excluding carboxylic acids is 2. The highest BCUT2D eigenvalue weighted by Gasteiger charge is 2.51. The molecule has 1 saturated heterocycles. The molecule has 3 heterocycles. The van der Waals surface area contributed by atoms with Gasteiger partial charge >= 0.3 is 6.09 Å². The third-order valence-electron chi connectivity index (χ3n) is 13.6. The maximum atomic E-state index is 14.7. The fourth-order valence-electron chi connectivity index (χ4n) is 10.0. The number of amides is 2. The summed E-state index contributed by atoms with van der Waals surface area (Å²) in [5, 5.41) is 14.1. The number of hydrogen-bond acceptors (Lipinski definition) is 7. The van der Waals surface area contributed by atoms with Crippen molar-refractivity contribution < 1.29 is 24.2 Å². The van der Waals surface area contributed by atoms with Gasteiger partial charge in [0.05, 0.1) is 19.3 Å². The molecular formula is C42H55N5O5. The van der Waals surface area contributed by atoms with Crippen molar-refractivity contribution in [2.75, 3.05) is 38.3 Å². The first-order valence-electron chi connectivity index (χ1n) is 19.8. The minimum atomic E-state index is -0.298. The van der Waals surface area contributed by atoms with E-state index < -0.39 is 0 Å². The first kappa shape index (κ1) is 35.1. The van der Waals surface area contributed by atoms with Gasteiger partial charge in [-0.2, -0.15) is 5.10 Å². The molecule has 6 fully saturated rings. The number of benzene rings is 1. The van der Waals surface area contributed by atoms with Gasteiger partial charge in [0, 0.05) is 56.0 Å². The van der Waals surface area contributed by atoms with E-state index in [4.69, 9.17) is 19.6 Å². The molecule has 6 aliphatic rings. The fraction of sp³-hybridized carbons (Fsp3) is 0.619. The van der Waals surface area contributed by atoms with Gasteiger partial charge < -0.3 is 19.5 Å². The van der Waals surface area contributed by atoms with Gasteiger partial charge in [-0.15, -0.1) is 0 Å². The van der Waals surface area contributed by atoms with E-state index in [0.717, 1.165) is 61.2 Å². The number of carbonyl (C=O) groups is 2. The van der Waals surface area contributed by atoms with Crippen LogP contribution in [0.4, 0.5) is 10.6 Å². The molecule has 2 amide bonds. The number of rotatable bonds is 10. The number of anilines is 1. The van der Waals surface area contributed by atoms with E-state index in [1.807, 2.05) is 23.4 Å². The Hall–Kier alpha value is -3.92. The Bertz CT molecular complexity index is 1730. The van der Waals surface area contributed by atoms with E-state index in [1.165, 1.54) is 36.8 Å². The van der Waals surface area contributed by atoms with Crippen molar-refractivity contribution >= 4 is 17.8 Å². The number of aliphatic hydroxyl groups is 1. The van der Waals surface area contributed by atoms with Crippen LogP contribution >= 0.6 is 0 Å². The lowest BCUT2D eigenvalue weighted by Crippen LogP contribution is -2.52. The van der Waals surface area contributed by atoms with Crippen molar-refractivity contribution in [1.82, 2.24) is 19.7 Å². The lowest BCUT2D eigenvalue weighted by Gasteiger charge is -2.55. The Kier molecular flexibility index (Phi) is 9.78. The van der Waals surface area contributed by atoms with Crippen molar-refractivity contribution in [2.24, 2.45) is 17.3 Å². The van der Waals surface area contributed by atoms with E-state index in [-0.39, 0.29) is 47.4 Å². The number of pyridine rings is 1. The topological polar surface area (TPSA) is 110 Å². The molecular weight excluding hydrogens is 654 g/mol. The Morgan fingerprint density at radius 1 is 0.942 bits per heavy atom. The highest BCUT2D eigenvalue weighted by atomic mass is 16.6. The zero-order chi connectivity index (χ0) is 35.9. The summed E-state index contributed by atoms with van der Waals surface area (Å²) >= 11 is 0. The third-order valence-corrected chi connectivity index (χ3v) is 13.6. The molecule has 5 saturated carbocycles. The molecule has 1 aromatic carbocycles. The summed E-state index contributed by atoms with van der Waals surface area (Å²) in [5.41, 5.74) is 4.96. The van der Waals surface area contributed by atoms with Crippen LogP contribution in [-0.4, -0.2) is 76.2 Å². The molecule has 278 valence electrons. The molecule has 1 aliphatic heterocycles. The standard InChI is InChI=1S/C42H55N5O5/c1-29-21-34(9-12-37(29)51-2)42-17-14-41(15-18-42,16-19-42)28-46(38-22-32(13-20-43-38)33-23-44-47(26-33)35-5-3-4-6-35)39(49)31-7-10-36(11-8-31)52-40(50)45-24-30(25-45)27-48/h9,12-13,20-23,26,30-31,35-36,48H,3-8,10-11,14-19,24-25,27-28H2,1-2H3. The lowest BCUT2D eigenvalue weighted by molar-refractivity contribution is -0.124. The van der Waals surface area contributed by atoms with Gasteiger partial charge in [0.15, 0.2) is 0 Å². The summed E-state index contributed by atoms with van der Waals surface area (Å²) in [4.78, 5) is 36.0. The Balaban J connectivity index is 0.999. The minimum Gasteiger partial charge on any atom is -0.496 e. The highest BCUT2D eigenvalue weighted by Crippen LogP contribution is 2.58. The molecule has 2 aromatic heterocycles. The molecule has 0 radical (unpaired) electrons. The lowest BCUT2D eigenvalue weighted by atomic mass is 9.51. The molecule has 1 N–H and O–H groups in total. The largest absolute Gasteiger partial charge is 0.496 e. The number of fused-ring (bicyclic) bond motifs is 3. The molecule has 10 nitrogen and oxygen atoms in total. The predicted molar refractivity (Wildman–Crippen MR) is 199 cm³/mol. The number of nitrogens with zero attached hydrogens (tertiary/aromatic N) is 5. The summed E-state index contributed by atoms with van der Waals surface area (Å²) in [6.07, 6.45) is 19.7. The zero-order valence-electron chi connectivity index (χ0n) is 31.0. The molecule has 0 atom stereocenters. The highest BCUT2D eigenvalue weighted by molar-refractivity contribution is 5.95. The molecule has 5 aliphatic carbocycles. The van der Waals surface area contributed by atoms with Crippen LogP contribution in [0.5, 0.6) is 5.75 Å². The first-order valence-corrected chi connectivity index (χ1v) is 19.8. The van der Waals surface area contributed by atoms with Crippen molar-refractivity contribution in [1.29, 1.82) is 0 Å². The van der Waals surface area contributed by atoms with E-state index in [0.29, 0.717) is 51.4 Å². The number of ether oxygens (including phenoxy) is 2. The van der Waals surface area contributed by atoms with Crippen molar-refractivity contribution in [3.63, 3.8) is 0 Å². The third kappa shape index (κ3) is 6.83. The SMILES string of the molecule is COc1ccc(C23CCC(CN(C(=O)C4CCC(OC(=O)N5CC(CO)C5)CC4)c4cc(-c5cnn(C6CCCC6)c5)ccn4)(CC2)CC3)cc1C. The van der Waals surface area contributed by atoms with Crippen LogP contribution in [0.1, 0.15) is 107 Å². The van der Waals surface area contributed by atoms with Gasteiger partial charge in [-0.25, -0.2) is 9.78 Å². The van der Waals surface area contributed by atoms with E-state index >= 15 is 0 Å². The van der Waals surface area contributed by atoms with Crippen molar-refractivity contribution in [2.45, 2.75) is 114 Å². The maximum absolute atomic E-state index is 14.7. The van der Waals surface area contributed by atoms with Crippen LogP contribution in [0, 0.1) is 24.2 Å². The Labute approximate surface area is 307 Å². The first-order chi connectivity index (χ1) is 25.3. The summed E-state index contributed by atoms with van der Waals surface area (Å²) in [6, 6.07) is 11.3. The second-order valence-electron chi connectivity index (χ2n) is 16.8. The molecule has 9 rings (SSSR count). The number of aliphatic hydroxyl groups excluding tert-OH is 1. The van der Waals surface area contributed by atoms with Gasteiger partial charge in [0.25, 0.3) is 0 Å².